The summed E-state index contributed by atoms with van der Waals surface area (Å²) in [7, 11) is 0. The molecule has 1 unspecified atom stereocenters. The number of hydrogen-bond donors (Lipinski definition) is 1. The summed E-state index contributed by atoms with van der Waals surface area (Å²) in [5, 5.41) is 4.01. The molecule has 0 amide bonds. The molecule has 20 heavy (non-hydrogen) atoms. The number of ether oxygens (including phenoxy) is 2. The molecule has 0 radical (unpaired) electrons. The fourth-order valence-corrected chi connectivity index (χ4v) is 2.33. The van der Waals surface area contributed by atoms with Crippen molar-refractivity contribution in [3.8, 4) is 0 Å². The van der Waals surface area contributed by atoms with Crippen LogP contribution in [0.2, 0.25) is 0 Å². The molecule has 0 spiro atoms. The van der Waals surface area contributed by atoms with E-state index in [1.54, 1.807) is 0 Å². The third kappa shape index (κ3) is 4.15. The first kappa shape index (κ1) is 17.4. The maximum absolute atomic E-state index is 6.29. The monoisotopic (exact) mass is 305 g/mol. The summed E-state index contributed by atoms with van der Waals surface area (Å²) in [6, 6.07) is 0. The van der Waals surface area contributed by atoms with Gasteiger partial charge in [-0.3, -0.25) is 0 Å². The highest BCUT2D eigenvalue weighted by atomic mass is 35.5. The summed E-state index contributed by atoms with van der Waals surface area (Å²) < 4.78 is 16.0. The first-order valence-corrected chi connectivity index (χ1v) is 6.98. The number of halogens is 1. The first-order chi connectivity index (χ1) is 9.15. The van der Waals surface area contributed by atoms with E-state index < -0.39 is 5.54 Å². The van der Waals surface area contributed by atoms with Crippen molar-refractivity contribution < 1.29 is 14.0 Å². The minimum absolute atomic E-state index is 0. The molecule has 1 aliphatic rings. The zero-order chi connectivity index (χ0) is 13.7. The lowest BCUT2D eigenvalue weighted by atomic mass is 9.99. The average molecular weight is 306 g/mol. The number of aromatic nitrogens is 2. The van der Waals surface area contributed by atoms with Gasteiger partial charge in [-0.25, -0.2) is 0 Å². The predicted octanol–water partition coefficient (Wildman–Crippen LogP) is 2.33. The van der Waals surface area contributed by atoms with E-state index >= 15 is 0 Å². The Morgan fingerprint density at radius 2 is 2.05 bits per heavy atom. The highest BCUT2D eigenvalue weighted by Gasteiger charge is 2.36. The Labute approximate surface area is 125 Å². The van der Waals surface area contributed by atoms with Crippen molar-refractivity contribution >= 4 is 12.4 Å². The SMILES string of the molecule is CCOCCOC(C)c1nc(C2(N)CCCC2)no1.Cl. The Bertz CT molecular complexity index is 394. The summed E-state index contributed by atoms with van der Waals surface area (Å²) in [4.78, 5) is 4.39. The summed E-state index contributed by atoms with van der Waals surface area (Å²) in [6.07, 6.45) is 3.87. The Morgan fingerprint density at radius 1 is 1.35 bits per heavy atom. The summed E-state index contributed by atoms with van der Waals surface area (Å²) >= 11 is 0. The smallest absolute Gasteiger partial charge is 0.255 e. The van der Waals surface area contributed by atoms with Gasteiger partial charge in [0.2, 0.25) is 0 Å². The number of nitrogens with two attached hydrogens (primary N) is 1. The lowest BCUT2D eigenvalue weighted by molar-refractivity contribution is 0.00144. The zero-order valence-electron chi connectivity index (χ0n) is 12.1. The molecule has 6 nitrogen and oxygen atoms in total. The van der Waals surface area contributed by atoms with Crippen LogP contribution in [-0.4, -0.2) is 30.0 Å². The molecule has 1 aromatic rings. The fraction of sp³-hybridized carbons (Fsp3) is 0.846. The minimum atomic E-state index is -0.410. The molecule has 0 bridgehead atoms. The van der Waals surface area contributed by atoms with Gasteiger partial charge >= 0.3 is 0 Å². The highest BCUT2D eigenvalue weighted by Crippen LogP contribution is 2.35. The normalized spacial score (nSPS) is 18.8. The molecule has 116 valence electrons. The van der Waals surface area contributed by atoms with Crippen molar-refractivity contribution in [2.45, 2.75) is 51.2 Å². The van der Waals surface area contributed by atoms with E-state index in [-0.39, 0.29) is 18.5 Å². The van der Waals surface area contributed by atoms with E-state index in [1.165, 1.54) is 0 Å². The summed E-state index contributed by atoms with van der Waals surface area (Å²) in [6.45, 7) is 5.62. The molecule has 1 aromatic heterocycles. The first-order valence-electron chi connectivity index (χ1n) is 6.98. The second kappa shape index (κ2) is 7.93. The molecular weight excluding hydrogens is 282 g/mol. The quantitative estimate of drug-likeness (QED) is 0.778. The lowest BCUT2D eigenvalue weighted by Crippen LogP contribution is -2.34. The molecule has 0 aliphatic heterocycles. The standard InChI is InChI=1S/C13H23N3O3.ClH/c1-3-17-8-9-18-10(2)11-15-12(16-19-11)13(14)6-4-5-7-13;/h10H,3-9,14H2,1-2H3;1H. The van der Waals surface area contributed by atoms with Crippen LogP contribution in [-0.2, 0) is 15.0 Å². The third-order valence-electron chi connectivity index (χ3n) is 3.53. The van der Waals surface area contributed by atoms with Crippen molar-refractivity contribution in [2.75, 3.05) is 19.8 Å². The molecule has 1 saturated carbocycles. The Hall–Kier alpha value is -0.690. The van der Waals surface area contributed by atoms with E-state index in [2.05, 4.69) is 10.1 Å². The fourth-order valence-electron chi connectivity index (χ4n) is 2.33. The molecule has 1 fully saturated rings. The van der Waals surface area contributed by atoms with Crippen LogP contribution >= 0.6 is 12.4 Å². The van der Waals surface area contributed by atoms with Crippen molar-refractivity contribution in [1.29, 1.82) is 0 Å². The summed E-state index contributed by atoms with van der Waals surface area (Å²) in [5.74, 6) is 1.10. The van der Waals surface area contributed by atoms with Gasteiger partial charge in [0.1, 0.15) is 6.10 Å². The van der Waals surface area contributed by atoms with Gasteiger partial charge in [-0.15, -0.1) is 12.4 Å². The van der Waals surface area contributed by atoms with Crippen LogP contribution < -0.4 is 5.73 Å². The average Bonchev–Trinajstić information content (AvgIpc) is 3.04. The van der Waals surface area contributed by atoms with Gasteiger partial charge in [-0.2, -0.15) is 4.98 Å². The highest BCUT2D eigenvalue weighted by molar-refractivity contribution is 5.85. The van der Waals surface area contributed by atoms with Gasteiger partial charge in [-0.05, 0) is 26.7 Å². The van der Waals surface area contributed by atoms with Gasteiger partial charge in [0.15, 0.2) is 5.82 Å². The topological polar surface area (TPSA) is 83.4 Å². The molecule has 7 heteroatoms. The molecule has 0 aromatic carbocycles. The van der Waals surface area contributed by atoms with Crippen LogP contribution in [0.25, 0.3) is 0 Å². The lowest BCUT2D eigenvalue weighted by Gasteiger charge is -2.17. The van der Waals surface area contributed by atoms with E-state index in [0.29, 0.717) is 31.5 Å². The van der Waals surface area contributed by atoms with Crippen LogP contribution in [0.1, 0.15) is 57.3 Å². The number of rotatable bonds is 7. The van der Waals surface area contributed by atoms with Gasteiger partial charge in [0.25, 0.3) is 5.89 Å². The maximum atomic E-state index is 6.29. The van der Waals surface area contributed by atoms with Gasteiger partial charge in [0.05, 0.1) is 18.8 Å². The Balaban J connectivity index is 0.00000200. The van der Waals surface area contributed by atoms with E-state index in [9.17, 15) is 0 Å². The molecule has 1 heterocycles. The van der Waals surface area contributed by atoms with E-state index in [0.717, 1.165) is 25.7 Å². The molecule has 1 aliphatic carbocycles. The minimum Gasteiger partial charge on any atom is -0.379 e. The van der Waals surface area contributed by atoms with Gasteiger partial charge in [0, 0.05) is 6.61 Å². The van der Waals surface area contributed by atoms with Crippen molar-refractivity contribution in [1.82, 2.24) is 10.1 Å². The van der Waals surface area contributed by atoms with Gasteiger partial charge in [-0.1, -0.05) is 18.0 Å². The molecule has 2 N–H and O–H groups in total. The second-order valence-corrected chi connectivity index (χ2v) is 5.03. The second-order valence-electron chi connectivity index (χ2n) is 5.03. The van der Waals surface area contributed by atoms with Crippen molar-refractivity contribution in [3.63, 3.8) is 0 Å². The van der Waals surface area contributed by atoms with Crippen LogP contribution in [0.4, 0.5) is 0 Å². The predicted molar refractivity (Wildman–Crippen MR) is 76.7 cm³/mol. The molecule has 2 rings (SSSR count). The van der Waals surface area contributed by atoms with Crippen LogP contribution in [0, 0.1) is 0 Å². The van der Waals surface area contributed by atoms with E-state index in [1.807, 2.05) is 13.8 Å². The van der Waals surface area contributed by atoms with Crippen molar-refractivity contribution in [2.24, 2.45) is 5.73 Å². The largest absolute Gasteiger partial charge is 0.379 e. The number of nitrogens with zero attached hydrogens (tertiary/aromatic N) is 2. The van der Waals surface area contributed by atoms with Gasteiger partial charge < -0.3 is 19.7 Å². The molecular formula is C13H24ClN3O3. The number of hydrogen-bond acceptors (Lipinski definition) is 6. The molecule has 1 atom stereocenters. The Morgan fingerprint density at radius 3 is 2.70 bits per heavy atom. The van der Waals surface area contributed by atoms with E-state index in [4.69, 9.17) is 19.7 Å². The van der Waals surface area contributed by atoms with Crippen LogP contribution in [0.3, 0.4) is 0 Å². The Kier molecular flexibility index (Phi) is 6.88. The van der Waals surface area contributed by atoms with Crippen LogP contribution in [0.15, 0.2) is 4.52 Å². The maximum Gasteiger partial charge on any atom is 0.255 e. The third-order valence-corrected chi connectivity index (χ3v) is 3.53. The van der Waals surface area contributed by atoms with Crippen LogP contribution in [0.5, 0.6) is 0 Å². The summed E-state index contributed by atoms with van der Waals surface area (Å²) in [5.41, 5.74) is 5.88. The van der Waals surface area contributed by atoms with Crippen molar-refractivity contribution in [3.05, 3.63) is 11.7 Å². The zero-order valence-corrected chi connectivity index (χ0v) is 12.9. The molecule has 0 saturated heterocycles.